The van der Waals surface area contributed by atoms with Crippen molar-refractivity contribution in [1.29, 1.82) is 0 Å². The fourth-order valence-corrected chi connectivity index (χ4v) is 1.51. The third-order valence-electron chi connectivity index (χ3n) is 2.05. The van der Waals surface area contributed by atoms with E-state index in [1.165, 1.54) is 6.92 Å². The number of hydrogen-bond acceptors (Lipinski definition) is 5. The smallest absolute Gasteiger partial charge is 0.457 e. The number of ether oxygens (including phenoxy) is 1. The second-order valence-electron chi connectivity index (χ2n) is 3.89. The van der Waals surface area contributed by atoms with Gasteiger partial charge in [0.15, 0.2) is 0 Å². The van der Waals surface area contributed by atoms with Gasteiger partial charge in [0.05, 0.1) is 6.10 Å². The zero-order chi connectivity index (χ0) is 14.6. The lowest BCUT2D eigenvalue weighted by molar-refractivity contribution is -0.168. The summed E-state index contributed by atoms with van der Waals surface area (Å²) in [5.41, 5.74) is 0. The van der Waals surface area contributed by atoms with Gasteiger partial charge in [-0.1, -0.05) is 13.3 Å². The molecule has 0 bridgehead atoms. The standard InChI is InChI=1S/C9H16F2O6S/c1-3-4-7(5-6(2)12)17-8(13)9(10,11)18(14,15)16/h6-7,12H,3-5H2,1-2H3,(H,14,15,16). The summed E-state index contributed by atoms with van der Waals surface area (Å²) in [5.74, 6) is -2.34. The van der Waals surface area contributed by atoms with Gasteiger partial charge < -0.3 is 9.84 Å². The van der Waals surface area contributed by atoms with Crippen LogP contribution in [-0.4, -0.2) is 41.5 Å². The fraction of sp³-hybridized carbons (Fsp3) is 0.889. The Kier molecular flexibility index (Phi) is 6.11. The number of hydrogen-bond donors (Lipinski definition) is 2. The molecule has 0 spiro atoms. The average molecular weight is 290 g/mol. The molecular weight excluding hydrogens is 274 g/mol. The molecule has 2 N–H and O–H groups in total. The van der Waals surface area contributed by atoms with Crippen LogP contribution in [0.4, 0.5) is 8.78 Å². The predicted molar refractivity (Wildman–Crippen MR) is 57.6 cm³/mol. The lowest BCUT2D eigenvalue weighted by Crippen LogP contribution is -2.41. The number of carbonyl (C=O) groups excluding carboxylic acids is 1. The van der Waals surface area contributed by atoms with Crippen LogP contribution in [0.5, 0.6) is 0 Å². The summed E-state index contributed by atoms with van der Waals surface area (Å²) in [5, 5.41) is 4.08. The monoisotopic (exact) mass is 290 g/mol. The van der Waals surface area contributed by atoms with Gasteiger partial charge >= 0.3 is 21.3 Å². The van der Waals surface area contributed by atoms with Crippen molar-refractivity contribution in [2.75, 3.05) is 0 Å². The third-order valence-corrected chi connectivity index (χ3v) is 2.86. The van der Waals surface area contributed by atoms with Crippen LogP contribution in [0.25, 0.3) is 0 Å². The number of esters is 1. The van der Waals surface area contributed by atoms with Crippen molar-refractivity contribution in [2.45, 2.75) is 50.6 Å². The highest BCUT2D eigenvalue weighted by molar-refractivity contribution is 7.87. The zero-order valence-electron chi connectivity index (χ0n) is 9.97. The van der Waals surface area contributed by atoms with E-state index in [4.69, 9.17) is 9.66 Å². The van der Waals surface area contributed by atoms with Crippen LogP contribution in [0, 0.1) is 0 Å². The van der Waals surface area contributed by atoms with Crippen LogP contribution in [0.1, 0.15) is 33.1 Å². The highest BCUT2D eigenvalue weighted by atomic mass is 32.2. The van der Waals surface area contributed by atoms with Gasteiger partial charge in [-0.25, -0.2) is 4.79 Å². The van der Waals surface area contributed by atoms with Crippen LogP contribution in [-0.2, 0) is 19.6 Å². The minimum absolute atomic E-state index is 0.0961. The number of halogens is 2. The topological polar surface area (TPSA) is 101 Å². The van der Waals surface area contributed by atoms with Gasteiger partial charge in [-0.15, -0.1) is 0 Å². The number of aliphatic hydroxyl groups excluding tert-OH is 1. The van der Waals surface area contributed by atoms with Crippen LogP contribution >= 0.6 is 0 Å². The summed E-state index contributed by atoms with van der Waals surface area (Å²) in [6.45, 7) is 3.07. The van der Waals surface area contributed by atoms with Crippen LogP contribution in [0.15, 0.2) is 0 Å². The molecule has 9 heteroatoms. The van der Waals surface area contributed by atoms with E-state index in [1.54, 1.807) is 6.92 Å². The van der Waals surface area contributed by atoms with E-state index in [1.807, 2.05) is 0 Å². The Morgan fingerprint density at radius 1 is 1.44 bits per heavy atom. The molecule has 2 unspecified atom stereocenters. The Morgan fingerprint density at radius 2 is 1.94 bits per heavy atom. The van der Waals surface area contributed by atoms with E-state index >= 15 is 0 Å². The number of aliphatic hydroxyl groups is 1. The molecule has 0 aromatic carbocycles. The summed E-state index contributed by atoms with van der Waals surface area (Å²) in [6.07, 6.45) is -1.34. The van der Waals surface area contributed by atoms with E-state index < -0.39 is 33.5 Å². The first-order valence-electron chi connectivity index (χ1n) is 5.26. The highest BCUT2D eigenvalue weighted by Gasteiger charge is 2.54. The molecule has 0 fully saturated rings. The Labute approximate surface area is 104 Å². The second kappa shape index (κ2) is 6.39. The molecule has 2 atom stereocenters. The van der Waals surface area contributed by atoms with Gasteiger partial charge in [-0.2, -0.15) is 17.2 Å². The minimum atomic E-state index is -5.86. The molecule has 108 valence electrons. The van der Waals surface area contributed by atoms with Gasteiger partial charge in [-0.05, 0) is 13.3 Å². The number of alkyl halides is 2. The Hall–Kier alpha value is -0.800. The highest BCUT2D eigenvalue weighted by Crippen LogP contribution is 2.24. The van der Waals surface area contributed by atoms with Crippen molar-refractivity contribution < 1.29 is 36.4 Å². The maximum absolute atomic E-state index is 12.9. The van der Waals surface area contributed by atoms with E-state index in [0.29, 0.717) is 6.42 Å². The summed E-state index contributed by atoms with van der Waals surface area (Å²) < 4.78 is 58.9. The molecule has 0 aliphatic rings. The summed E-state index contributed by atoms with van der Waals surface area (Å²) in [6, 6.07) is 0. The molecule has 0 saturated heterocycles. The first kappa shape index (κ1) is 17.2. The van der Waals surface area contributed by atoms with Gasteiger partial charge in [0, 0.05) is 6.42 Å². The Balaban J connectivity index is 4.79. The molecule has 0 radical (unpaired) electrons. The third kappa shape index (κ3) is 4.83. The van der Waals surface area contributed by atoms with Crippen molar-refractivity contribution in [1.82, 2.24) is 0 Å². The second-order valence-corrected chi connectivity index (χ2v) is 5.36. The van der Waals surface area contributed by atoms with E-state index in [2.05, 4.69) is 4.74 Å². The molecule has 18 heavy (non-hydrogen) atoms. The van der Waals surface area contributed by atoms with Crippen LogP contribution in [0.3, 0.4) is 0 Å². The van der Waals surface area contributed by atoms with Crippen molar-refractivity contribution in [3.8, 4) is 0 Å². The molecule has 0 heterocycles. The summed E-state index contributed by atoms with van der Waals surface area (Å²) in [7, 11) is -5.86. The average Bonchev–Trinajstić information content (AvgIpc) is 2.14. The van der Waals surface area contributed by atoms with Crippen LogP contribution in [0.2, 0.25) is 0 Å². The lowest BCUT2D eigenvalue weighted by atomic mass is 10.1. The minimum Gasteiger partial charge on any atom is -0.457 e. The van der Waals surface area contributed by atoms with Crippen LogP contribution < -0.4 is 0 Å². The first-order valence-corrected chi connectivity index (χ1v) is 6.70. The van der Waals surface area contributed by atoms with Crippen molar-refractivity contribution in [3.63, 3.8) is 0 Å². The normalized spacial score (nSPS) is 16.1. The van der Waals surface area contributed by atoms with Gasteiger partial charge in [0.1, 0.15) is 6.10 Å². The molecule has 0 aliphatic heterocycles. The Bertz CT molecular complexity index is 379. The number of carbonyl (C=O) groups is 1. The van der Waals surface area contributed by atoms with Crippen molar-refractivity contribution >= 4 is 16.1 Å². The predicted octanol–water partition coefficient (Wildman–Crippen LogP) is 0.950. The van der Waals surface area contributed by atoms with E-state index in [-0.39, 0.29) is 12.8 Å². The maximum atomic E-state index is 12.9. The molecule has 0 aromatic rings. The Morgan fingerprint density at radius 3 is 2.28 bits per heavy atom. The fourth-order valence-electron chi connectivity index (χ4n) is 1.25. The van der Waals surface area contributed by atoms with E-state index in [9.17, 15) is 22.0 Å². The SMILES string of the molecule is CCCC(CC(C)O)OC(=O)C(F)(F)S(=O)(=O)O. The van der Waals surface area contributed by atoms with Gasteiger partial charge in [0.2, 0.25) is 0 Å². The quantitative estimate of drug-likeness (QED) is 0.535. The molecule has 6 nitrogen and oxygen atoms in total. The number of rotatable bonds is 7. The molecule has 0 saturated carbocycles. The van der Waals surface area contributed by atoms with Crippen molar-refractivity contribution in [2.24, 2.45) is 0 Å². The van der Waals surface area contributed by atoms with Gasteiger partial charge in [-0.3, -0.25) is 4.55 Å². The maximum Gasteiger partial charge on any atom is 0.465 e. The van der Waals surface area contributed by atoms with E-state index in [0.717, 1.165) is 0 Å². The molecule has 0 rings (SSSR count). The lowest BCUT2D eigenvalue weighted by Gasteiger charge is -2.20. The largest absolute Gasteiger partial charge is 0.465 e. The molecule has 0 amide bonds. The molecular formula is C9H16F2O6S. The van der Waals surface area contributed by atoms with Gasteiger partial charge in [0.25, 0.3) is 0 Å². The van der Waals surface area contributed by atoms with Crippen molar-refractivity contribution in [3.05, 3.63) is 0 Å². The molecule has 0 aromatic heterocycles. The zero-order valence-corrected chi connectivity index (χ0v) is 10.8. The first-order chi connectivity index (χ1) is 8.02. The summed E-state index contributed by atoms with van der Waals surface area (Å²) >= 11 is 0. The summed E-state index contributed by atoms with van der Waals surface area (Å²) in [4.78, 5) is 11.0. The molecule has 0 aliphatic carbocycles.